The molecule has 0 aromatic heterocycles. The number of nitrogens with two attached hydrogens (primary N) is 1. The zero-order chi connectivity index (χ0) is 9.14. The van der Waals surface area contributed by atoms with Crippen LogP contribution in [-0.2, 0) is 6.54 Å². The molecule has 0 spiro atoms. The van der Waals surface area contributed by atoms with Crippen LogP contribution in [0.2, 0.25) is 10.0 Å². The van der Waals surface area contributed by atoms with Crippen LogP contribution in [0, 0.1) is 0 Å². The molecule has 66 valence electrons. The molecule has 0 heterocycles. The van der Waals surface area contributed by atoms with Gasteiger partial charge in [-0.05, 0) is 6.07 Å². The second kappa shape index (κ2) is 3.99. The molecule has 0 fully saturated rings. The minimum absolute atomic E-state index is 0.389. The highest BCUT2D eigenvalue weighted by molar-refractivity contribution is 6.43. The first-order chi connectivity index (χ1) is 5.70. The molecule has 2 N–H and O–H groups in total. The van der Waals surface area contributed by atoms with Gasteiger partial charge in [-0.2, -0.15) is 0 Å². The van der Waals surface area contributed by atoms with Gasteiger partial charge in [0.15, 0.2) is 0 Å². The normalized spacial score (nSPS) is 10.0. The van der Waals surface area contributed by atoms with Crippen molar-refractivity contribution in [2.45, 2.75) is 6.54 Å². The second-order valence-corrected chi connectivity index (χ2v) is 3.04. The fourth-order valence-corrected chi connectivity index (χ4v) is 1.36. The van der Waals surface area contributed by atoms with Gasteiger partial charge in [0.05, 0.1) is 12.1 Å². The molecular weight excluding hydrogens is 197 g/mol. The quantitative estimate of drug-likeness (QED) is 0.806. The van der Waals surface area contributed by atoms with Crippen molar-refractivity contribution < 1.29 is 4.74 Å². The van der Waals surface area contributed by atoms with Crippen molar-refractivity contribution in [1.82, 2.24) is 0 Å². The Labute approximate surface area is 81.2 Å². The summed E-state index contributed by atoms with van der Waals surface area (Å²) in [7, 11) is 1.54. The van der Waals surface area contributed by atoms with Gasteiger partial charge in [-0.3, -0.25) is 0 Å². The molecule has 1 aromatic rings. The molecule has 0 aliphatic carbocycles. The summed E-state index contributed by atoms with van der Waals surface area (Å²) in [6.45, 7) is 0.389. The highest BCUT2D eigenvalue weighted by Gasteiger charge is 2.09. The van der Waals surface area contributed by atoms with E-state index in [0.717, 1.165) is 5.56 Å². The number of methoxy groups -OCH3 is 1. The van der Waals surface area contributed by atoms with Crippen molar-refractivity contribution in [1.29, 1.82) is 0 Å². The molecule has 0 amide bonds. The first-order valence-electron chi connectivity index (χ1n) is 3.41. The van der Waals surface area contributed by atoms with Crippen LogP contribution in [0.3, 0.4) is 0 Å². The van der Waals surface area contributed by atoms with Crippen LogP contribution < -0.4 is 10.5 Å². The summed E-state index contributed by atoms with van der Waals surface area (Å²) in [5.74, 6) is 0.562. The van der Waals surface area contributed by atoms with Crippen molar-refractivity contribution in [3.8, 4) is 5.75 Å². The van der Waals surface area contributed by atoms with Crippen molar-refractivity contribution >= 4 is 23.2 Å². The van der Waals surface area contributed by atoms with E-state index >= 15 is 0 Å². The van der Waals surface area contributed by atoms with Crippen molar-refractivity contribution in [2.24, 2.45) is 5.73 Å². The largest absolute Gasteiger partial charge is 0.495 e. The topological polar surface area (TPSA) is 35.2 Å². The van der Waals surface area contributed by atoms with E-state index in [1.165, 1.54) is 7.11 Å². The van der Waals surface area contributed by atoms with Crippen molar-refractivity contribution in [2.75, 3.05) is 7.11 Å². The Hall–Kier alpha value is -0.440. The summed E-state index contributed by atoms with van der Waals surface area (Å²) < 4.78 is 5.05. The molecule has 0 radical (unpaired) electrons. The van der Waals surface area contributed by atoms with Crippen LogP contribution in [0.1, 0.15) is 5.56 Å². The van der Waals surface area contributed by atoms with Gasteiger partial charge in [0, 0.05) is 12.1 Å². The van der Waals surface area contributed by atoms with E-state index in [9.17, 15) is 0 Å². The Morgan fingerprint density at radius 1 is 1.42 bits per heavy atom. The lowest BCUT2D eigenvalue weighted by molar-refractivity contribution is 0.410. The summed E-state index contributed by atoms with van der Waals surface area (Å²) in [4.78, 5) is 0. The standard InChI is InChI=1S/C8H9Cl2NO/c1-12-8-5(4-11)2-3-6(9)7(8)10/h2-3H,4,11H2,1H3. The molecule has 2 nitrogen and oxygen atoms in total. The average molecular weight is 206 g/mol. The van der Waals surface area contributed by atoms with Crippen LogP contribution in [-0.4, -0.2) is 7.11 Å². The van der Waals surface area contributed by atoms with Crippen LogP contribution in [0.4, 0.5) is 0 Å². The monoisotopic (exact) mass is 205 g/mol. The molecule has 0 atom stereocenters. The highest BCUT2D eigenvalue weighted by atomic mass is 35.5. The lowest BCUT2D eigenvalue weighted by Gasteiger charge is -2.08. The smallest absolute Gasteiger partial charge is 0.143 e. The van der Waals surface area contributed by atoms with E-state index in [1.54, 1.807) is 12.1 Å². The summed E-state index contributed by atoms with van der Waals surface area (Å²) in [6.07, 6.45) is 0. The average Bonchev–Trinajstić information content (AvgIpc) is 2.09. The SMILES string of the molecule is COc1c(CN)ccc(Cl)c1Cl. The van der Waals surface area contributed by atoms with E-state index in [0.29, 0.717) is 22.3 Å². The van der Waals surface area contributed by atoms with E-state index in [2.05, 4.69) is 0 Å². The number of halogens is 2. The van der Waals surface area contributed by atoms with Crippen molar-refractivity contribution in [3.63, 3.8) is 0 Å². The summed E-state index contributed by atoms with van der Waals surface area (Å²) in [5.41, 5.74) is 6.32. The first kappa shape index (κ1) is 9.65. The maximum absolute atomic E-state index is 5.86. The van der Waals surface area contributed by atoms with Crippen LogP contribution in [0.15, 0.2) is 12.1 Å². The molecule has 1 rings (SSSR count). The summed E-state index contributed by atoms with van der Waals surface area (Å²) in [6, 6.07) is 3.50. The molecule has 1 aromatic carbocycles. The third-order valence-electron chi connectivity index (χ3n) is 1.56. The molecule has 0 unspecified atom stereocenters. The molecule has 0 aliphatic rings. The minimum Gasteiger partial charge on any atom is -0.495 e. The number of benzene rings is 1. The second-order valence-electron chi connectivity index (χ2n) is 2.26. The van der Waals surface area contributed by atoms with Crippen LogP contribution in [0.25, 0.3) is 0 Å². The van der Waals surface area contributed by atoms with Gasteiger partial charge < -0.3 is 10.5 Å². The molecule has 0 aliphatic heterocycles. The maximum atomic E-state index is 5.86. The van der Waals surface area contributed by atoms with Crippen LogP contribution in [0.5, 0.6) is 5.75 Å². The maximum Gasteiger partial charge on any atom is 0.143 e. The zero-order valence-corrected chi connectivity index (χ0v) is 8.12. The summed E-state index contributed by atoms with van der Waals surface area (Å²) in [5, 5.41) is 0.896. The third-order valence-corrected chi connectivity index (χ3v) is 2.34. The lowest BCUT2D eigenvalue weighted by Crippen LogP contribution is -2.00. The number of rotatable bonds is 2. The molecule has 4 heteroatoms. The van der Waals surface area contributed by atoms with Gasteiger partial charge >= 0.3 is 0 Å². The Bertz CT molecular complexity index is 289. The molecular formula is C8H9Cl2NO. The van der Waals surface area contributed by atoms with E-state index in [4.69, 9.17) is 33.7 Å². The molecule has 0 saturated carbocycles. The predicted molar refractivity (Wildman–Crippen MR) is 50.9 cm³/mol. The Balaban J connectivity index is 3.25. The van der Waals surface area contributed by atoms with Gasteiger partial charge in [-0.15, -0.1) is 0 Å². The van der Waals surface area contributed by atoms with Gasteiger partial charge in [-0.25, -0.2) is 0 Å². The number of hydrogen-bond donors (Lipinski definition) is 1. The van der Waals surface area contributed by atoms with E-state index in [1.807, 2.05) is 0 Å². The zero-order valence-electron chi connectivity index (χ0n) is 6.60. The first-order valence-corrected chi connectivity index (χ1v) is 4.17. The third kappa shape index (κ3) is 1.66. The number of hydrogen-bond acceptors (Lipinski definition) is 2. The Kier molecular flexibility index (Phi) is 3.20. The fourth-order valence-electron chi connectivity index (χ4n) is 0.953. The van der Waals surface area contributed by atoms with Gasteiger partial charge in [0.25, 0.3) is 0 Å². The van der Waals surface area contributed by atoms with E-state index in [-0.39, 0.29) is 0 Å². The fraction of sp³-hybridized carbons (Fsp3) is 0.250. The molecule has 12 heavy (non-hydrogen) atoms. The van der Waals surface area contributed by atoms with Crippen molar-refractivity contribution in [3.05, 3.63) is 27.7 Å². The lowest BCUT2D eigenvalue weighted by atomic mass is 10.2. The number of ether oxygens (including phenoxy) is 1. The Morgan fingerprint density at radius 3 is 2.58 bits per heavy atom. The van der Waals surface area contributed by atoms with Gasteiger partial charge in [0.2, 0.25) is 0 Å². The van der Waals surface area contributed by atoms with Gasteiger partial charge in [0.1, 0.15) is 10.8 Å². The van der Waals surface area contributed by atoms with Crippen LogP contribution >= 0.6 is 23.2 Å². The minimum atomic E-state index is 0.389. The predicted octanol–water partition coefficient (Wildman–Crippen LogP) is 2.46. The molecule has 0 bridgehead atoms. The summed E-state index contributed by atoms with van der Waals surface area (Å²) >= 11 is 11.6. The molecule has 0 saturated heterocycles. The Morgan fingerprint density at radius 2 is 2.08 bits per heavy atom. The van der Waals surface area contributed by atoms with E-state index < -0.39 is 0 Å². The highest BCUT2D eigenvalue weighted by Crippen LogP contribution is 2.34. The van der Waals surface area contributed by atoms with Gasteiger partial charge in [-0.1, -0.05) is 29.3 Å².